The Morgan fingerprint density at radius 3 is 2.35 bits per heavy atom. The fourth-order valence-electron chi connectivity index (χ4n) is 4.17. The van der Waals surface area contributed by atoms with Crippen LogP contribution in [-0.4, -0.2) is 17.9 Å². The van der Waals surface area contributed by atoms with Crippen molar-refractivity contribution in [1.82, 2.24) is 10.6 Å². The maximum Gasteiger partial charge on any atom is 0.253 e. The fourth-order valence-corrected chi connectivity index (χ4v) is 4.50. The SMILES string of the molecule is CC(C)(NCc1ccc(-c2ccc(Cl)c(C(=O)N[C@H](Cc3ccc(C#N)cc3)C(N)=O)c2)o1)c1ccc(Cl)cc1. The molecule has 0 aliphatic heterocycles. The number of nitrogens with zero attached hydrogens (tertiary/aromatic N) is 1. The summed E-state index contributed by atoms with van der Waals surface area (Å²) in [5.74, 6) is 0.0576. The van der Waals surface area contributed by atoms with Crippen molar-refractivity contribution in [2.24, 2.45) is 5.73 Å². The number of hydrogen-bond donors (Lipinski definition) is 3. The van der Waals surface area contributed by atoms with Gasteiger partial charge in [0.1, 0.15) is 17.6 Å². The van der Waals surface area contributed by atoms with Crippen LogP contribution in [0.5, 0.6) is 0 Å². The first-order valence-electron chi connectivity index (χ1n) is 12.5. The number of carbonyl (C=O) groups excluding carboxylic acids is 2. The van der Waals surface area contributed by atoms with Crippen molar-refractivity contribution in [2.75, 3.05) is 0 Å². The molecular weight excluding hydrogens is 547 g/mol. The van der Waals surface area contributed by atoms with Gasteiger partial charge >= 0.3 is 0 Å². The Morgan fingerprint density at radius 2 is 1.70 bits per heavy atom. The number of hydrogen-bond acceptors (Lipinski definition) is 5. The monoisotopic (exact) mass is 574 g/mol. The lowest BCUT2D eigenvalue weighted by atomic mass is 9.94. The summed E-state index contributed by atoms with van der Waals surface area (Å²) in [6, 6.07) is 24.2. The highest BCUT2D eigenvalue weighted by molar-refractivity contribution is 6.34. The van der Waals surface area contributed by atoms with Crippen LogP contribution in [0.25, 0.3) is 11.3 Å². The minimum atomic E-state index is -0.967. The summed E-state index contributed by atoms with van der Waals surface area (Å²) >= 11 is 12.4. The van der Waals surface area contributed by atoms with E-state index in [4.69, 9.17) is 38.6 Å². The van der Waals surface area contributed by atoms with E-state index < -0.39 is 17.9 Å². The van der Waals surface area contributed by atoms with Gasteiger partial charge in [-0.25, -0.2) is 0 Å². The molecule has 0 radical (unpaired) electrons. The summed E-state index contributed by atoms with van der Waals surface area (Å²) in [4.78, 5) is 25.2. The largest absolute Gasteiger partial charge is 0.460 e. The summed E-state index contributed by atoms with van der Waals surface area (Å²) in [6.07, 6.45) is 0.172. The third kappa shape index (κ3) is 7.10. The fraction of sp³-hybridized carbons (Fsp3) is 0.194. The first-order chi connectivity index (χ1) is 19.1. The number of carbonyl (C=O) groups is 2. The second kappa shape index (κ2) is 12.4. The van der Waals surface area contributed by atoms with Crippen molar-refractivity contribution >= 4 is 35.0 Å². The Bertz CT molecular complexity index is 1550. The molecule has 0 aliphatic rings. The van der Waals surface area contributed by atoms with Crippen molar-refractivity contribution in [3.63, 3.8) is 0 Å². The number of rotatable bonds is 10. The molecule has 1 heterocycles. The van der Waals surface area contributed by atoms with Crippen LogP contribution in [0, 0.1) is 11.3 Å². The summed E-state index contributed by atoms with van der Waals surface area (Å²) in [5, 5.41) is 16.1. The topological polar surface area (TPSA) is 121 Å². The molecule has 40 heavy (non-hydrogen) atoms. The molecule has 4 N–H and O–H groups in total. The number of nitrogens with two attached hydrogens (primary N) is 1. The zero-order chi connectivity index (χ0) is 28.9. The molecule has 0 aliphatic carbocycles. The minimum Gasteiger partial charge on any atom is -0.460 e. The van der Waals surface area contributed by atoms with Crippen LogP contribution in [0.4, 0.5) is 0 Å². The van der Waals surface area contributed by atoms with Gasteiger partial charge in [-0.05, 0) is 79.6 Å². The van der Waals surface area contributed by atoms with Crippen LogP contribution < -0.4 is 16.4 Å². The van der Waals surface area contributed by atoms with Crippen LogP contribution in [0.2, 0.25) is 10.0 Å². The Labute approximate surface area is 242 Å². The second-order valence-electron chi connectivity index (χ2n) is 9.89. The van der Waals surface area contributed by atoms with E-state index in [1.54, 1.807) is 42.5 Å². The average molecular weight is 575 g/mol. The van der Waals surface area contributed by atoms with E-state index in [1.807, 2.05) is 42.5 Å². The second-order valence-corrected chi connectivity index (χ2v) is 10.7. The van der Waals surface area contributed by atoms with Gasteiger partial charge < -0.3 is 20.8 Å². The molecule has 2 amide bonds. The Balaban J connectivity index is 1.45. The van der Waals surface area contributed by atoms with E-state index in [2.05, 4.69) is 24.5 Å². The first kappa shape index (κ1) is 28.9. The zero-order valence-electron chi connectivity index (χ0n) is 22.0. The summed E-state index contributed by atoms with van der Waals surface area (Å²) in [5.41, 5.74) is 8.41. The molecule has 3 aromatic carbocycles. The predicted molar refractivity (Wildman–Crippen MR) is 156 cm³/mol. The molecule has 9 heteroatoms. The van der Waals surface area contributed by atoms with Gasteiger partial charge in [-0.1, -0.05) is 47.5 Å². The van der Waals surface area contributed by atoms with E-state index in [1.165, 1.54) is 0 Å². The third-order valence-corrected chi connectivity index (χ3v) is 7.18. The van der Waals surface area contributed by atoms with Gasteiger partial charge in [0, 0.05) is 22.5 Å². The van der Waals surface area contributed by atoms with Gasteiger partial charge in [0.05, 0.1) is 28.8 Å². The van der Waals surface area contributed by atoms with E-state index in [-0.39, 0.29) is 22.5 Å². The highest BCUT2D eigenvalue weighted by Gasteiger charge is 2.23. The van der Waals surface area contributed by atoms with Crippen molar-refractivity contribution in [3.05, 3.63) is 117 Å². The molecule has 0 unspecified atom stereocenters. The first-order valence-corrected chi connectivity index (χ1v) is 13.3. The van der Waals surface area contributed by atoms with Crippen molar-refractivity contribution in [1.29, 1.82) is 5.26 Å². The number of nitrogens with one attached hydrogen (secondary N) is 2. The number of primary amides is 1. The van der Waals surface area contributed by atoms with Gasteiger partial charge in [-0.3, -0.25) is 9.59 Å². The molecule has 0 saturated heterocycles. The summed E-state index contributed by atoms with van der Waals surface area (Å²) in [7, 11) is 0. The number of furan rings is 1. The van der Waals surface area contributed by atoms with Crippen molar-refractivity contribution in [3.8, 4) is 17.4 Å². The smallest absolute Gasteiger partial charge is 0.253 e. The summed E-state index contributed by atoms with van der Waals surface area (Å²) in [6.45, 7) is 4.63. The molecular formula is C31H28Cl2N4O3. The maximum absolute atomic E-state index is 13.1. The van der Waals surface area contributed by atoms with Crippen LogP contribution in [-0.2, 0) is 23.3 Å². The van der Waals surface area contributed by atoms with Crippen LogP contribution >= 0.6 is 23.2 Å². The highest BCUT2D eigenvalue weighted by atomic mass is 35.5. The predicted octanol–water partition coefficient (Wildman–Crippen LogP) is 5.98. The number of nitriles is 1. The van der Waals surface area contributed by atoms with Crippen LogP contribution in [0.15, 0.2) is 83.3 Å². The molecule has 7 nitrogen and oxygen atoms in total. The van der Waals surface area contributed by atoms with Crippen LogP contribution in [0.1, 0.15) is 46.7 Å². The minimum absolute atomic E-state index is 0.172. The average Bonchev–Trinajstić information content (AvgIpc) is 3.41. The standard InChI is InChI=1S/C31H28Cl2N4O3/c1-31(2,22-8-10-23(32)11-9-22)36-18-24-12-14-28(40-24)21-7-13-26(33)25(16-21)30(39)37-27(29(35)38)15-19-3-5-20(17-34)6-4-19/h3-14,16,27,36H,15,18H2,1-2H3,(H2,35,38)(H,37,39)/t27-/m1/s1. The lowest BCUT2D eigenvalue weighted by molar-refractivity contribution is -0.119. The third-order valence-electron chi connectivity index (χ3n) is 6.60. The van der Waals surface area contributed by atoms with Gasteiger partial charge in [0.15, 0.2) is 0 Å². The molecule has 0 saturated carbocycles. The number of amides is 2. The normalized spacial score (nSPS) is 12.0. The molecule has 204 valence electrons. The quantitative estimate of drug-likeness (QED) is 0.215. The van der Waals surface area contributed by atoms with E-state index in [9.17, 15) is 9.59 Å². The van der Waals surface area contributed by atoms with Crippen LogP contribution in [0.3, 0.4) is 0 Å². The molecule has 0 bridgehead atoms. The van der Waals surface area contributed by atoms with E-state index in [0.29, 0.717) is 34.2 Å². The molecule has 4 rings (SSSR count). The van der Waals surface area contributed by atoms with Crippen molar-refractivity contribution < 1.29 is 14.0 Å². The molecule has 4 aromatic rings. The number of benzene rings is 3. The molecule has 1 aromatic heterocycles. The molecule has 0 fully saturated rings. The van der Waals surface area contributed by atoms with Crippen molar-refractivity contribution in [2.45, 2.75) is 38.4 Å². The Hall–Kier alpha value is -4.09. The van der Waals surface area contributed by atoms with E-state index >= 15 is 0 Å². The Morgan fingerprint density at radius 1 is 1.00 bits per heavy atom. The maximum atomic E-state index is 13.1. The number of halogens is 2. The van der Waals surface area contributed by atoms with E-state index in [0.717, 1.165) is 11.1 Å². The lowest BCUT2D eigenvalue weighted by Gasteiger charge is -2.26. The van der Waals surface area contributed by atoms with Gasteiger partial charge in [-0.15, -0.1) is 0 Å². The Kier molecular flexibility index (Phi) is 8.96. The molecule has 0 spiro atoms. The van der Waals surface area contributed by atoms with Gasteiger partial charge in [0.2, 0.25) is 5.91 Å². The lowest BCUT2D eigenvalue weighted by Crippen LogP contribution is -2.45. The molecule has 1 atom stereocenters. The highest BCUT2D eigenvalue weighted by Crippen LogP contribution is 2.28. The van der Waals surface area contributed by atoms with Gasteiger partial charge in [-0.2, -0.15) is 5.26 Å². The summed E-state index contributed by atoms with van der Waals surface area (Å²) < 4.78 is 6.06. The van der Waals surface area contributed by atoms with Gasteiger partial charge in [0.25, 0.3) is 5.91 Å². The zero-order valence-corrected chi connectivity index (χ0v) is 23.5.